The van der Waals surface area contributed by atoms with E-state index in [1.165, 1.54) is 0 Å². The van der Waals surface area contributed by atoms with Crippen molar-refractivity contribution >= 4 is 5.78 Å². The minimum Gasteiger partial charge on any atom is -0.294 e. The molecule has 1 nitrogen and oxygen atoms in total. The second-order valence-corrected chi connectivity index (χ2v) is 5.31. The predicted molar refractivity (Wildman–Crippen MR) is 67.2 cm³/mol. The smallest absolute Gasteiger partial charge is 0.248 e. The molecular formula is C15H18F2O. The van der Waals surface area contributed by atoms with E-state index in [0.717, 1.165) is 11.1 Å². The Kier molecular flexibility index (Phi) is 3.51. The molecule has 1 saturated carbocycles. The van der Waals surface area contributed by atoms with Crippen LogP contribution >= 0.6 is 0 Å². The lowest BCUT2D eigenvalue weighted by atomic mass is 9.81. The van der Waals surface area contributed by atoms with Gasteiger partial charge in [0.1, 0.15) is 0 Å². The lowest BCUT2D eigenvalue weighted by Crippen LogP contribution is -2.30. The number of carbonyl (C=O) groups excluding carboxylic acids is 1. The maximum Gasteiger partial charge on any atom is 0.248 e. The normalized spacial score (nSPS) is 22.8. The standard InChI is InChI=1S/C15H18F2O/c1-10-5-6-12(8-11(10)2)14(18)13-4-3-7-15(16,17)9-13/h5-6,8,13H,3-4,7,9H2,1-2H3. The zero-order valence-electron chi connectivity index (χ0n) is 10.8. The van der Waals surface area contributed by atoms with Crippen LogP contribution < -0.4 is 0 Å². The van der Waals surface area contributed by atoms with Gasteiger partial charge in [0.15, 0.2) is 5.78 Å². The van der Waals surface area contributed by atoms with Crippen molar-refractivity contribution in [1.82, 2.24) is 0 Å². The maximum absolute atomic E-state index is 13.3. The van der Waals surface area contributed by atoms with Crippen molar-refractivity contribution in [2.45, 2.75) is 45.5 Å². The molecule has 1 atom stereocenters. The van der Waals surface area contributed by atoms with Gasteiger partial charge in [0.2, 0.25) is 5.92 Å². The van der Waals surface area contributed by atoms with Gasteiger partial charge in [-0.05, 0) is 43.9 Å². The van der Waals surface area contributed by atoms with Gasteiger partial charge in [-0.3, -0.25) is 4.79 Å². The second kappa shape index (κ2) is 4.79. The van der Waals surface area contributed by atoms with E-state index in [-0.39, 0.29) is 18.6 Å². The van der Waals surface area contributed by atoms with E-state index < -0.39 is 11.8 Å². The Bertz CT molecular complexity index is 466. The van der Waals surface area contributed by atoms with E-state index in [9.17, 15) is 13.6 Å². The fourth-order valence-electron chi connectivity index (χ4n) is 2.53. The molecule has 0 saturated heterocycles. The summed E-state index contributed by atoms with van der Waals surface area (Å²) in [5.41, 5.74) is 2.71. The predicted octanol–water partition coefficient (Wildman–Crippen LogP) is 4.31. The molecule has 1 aliphatic carbocycles. The molecule has 0 aromatic heterocycles. The summed E-state index contributed by atoms with van der Waals surface area (Å²) in [5, 5.41) is 0. The highest BCUT2D eigenvalue weighted by Crippen LogP contribution is 2.38. The number of hydrogen-bond acceptors (Lipinski definition) is 1. The van der Waals surface area contributed by atoms with Crippen LogP contribution in [0.3, 0.4) is 0 Å². The fourth-order valence-corrected chi connectivity index (χ4v) is 2.53. The first-order valence-corrected chi connectivity index (χ1v) is 6.38. The minimum atomic E-state index is -2.67. The van der Waals surface area contributed by atoms with Crippen LogP contribution in [0.15, 0.2) is 18.2 Å². The summed E-state index contributed by atoms with van der Waals surface area (Å²) in [4.78, 5) is 12.2. The monoisotopic (exact) mass is 252 g/mol. The molecule has 0 radical (unpaired) electrons. The molecule has 0 spiro atoms. The Morgan fingerprint density at radius 3 is 2.61 bits per heavy atom. The Labute approximate surface area is 106 Å². The van der Waals surface area contributed by atoms with Crippen LogP contribution in [0.5, 0.6) is 0 Å². The molecule has 1 aromatic rings. The van der Waals surface area contributed by atoms with Gasteiger partial charge in [-0.1, -0.05) is 12.1 Å². The molecule has 1 aliphatic rings. The van der Waals surface area contributed by atoms with Crippen LogP contribution in [0.4, 0.5) is 8.78 Å². The largest absolute Gasteiger partial charge is 0.294 e. The summed E-state index contributed by atoms with van der Waals surface area (Å²) in [6.07, 6.45) is 0.651. The van der Waals surface area contributed by atoms with Gasteiger partial charge in [0, 0.05) is 24.3 Å². The van der Waals surface area contributed by atoms with E-state index in [4.69, 9.17) is 0 Å². The summed E-state index contributed by atoms with van der Waals surface area (Å²) in [7, 11) is 0. The first-order valence-electron chi connectivity index (χ1n) is 6.38. The van der Waals surface area contributed by atoms with Gasteiger partial charge in [0.25, 0.3) is 0 Å². The molecule has 0 heterocycles. The topological polar surface area (TPSA) is 17.1 Å². The minimum absolute atomic E-state index is 0.0797. The molecule has 1 unspecified atom stereocenters. The highest BCUT2D eigenvalue weighted by atomic mass is 19.3. The van der Waals surface area contributed by atoms with Gasteiger partial charge < -0.3 is 0 Å². The summed E-state index contributed by atoms with van der Waals surface area (Å²) in [6, 6.07) is 5.44. The first kappa shape index (κ1) is 13.2. The molecule has 1 fully saturated rings. The summed E-state index contributed by atoms with van der Waals surface area (Å²) in [5.74, 6) is -3.31. The molecule has 2 rings (SSSR count). The number of Topliss-reactive ketones (excluding diaryl/α,β-unsaturated/α-hetero) is 1. The second-order valence-electron chi connectivity index (χ2n) is 5.31. The van der Waals surface area contributed by atoms with Crippen molar-refractivity contribution in [3.05, 3.63) is 34.9 Å². The molecule has 1 aromatic carbocycles. The quantitative estimate of drug-likeness (QED) is 0.717. The average molecular weight is 252 g/mol. The number of hydrogen-bond donors (Lipinski definition) is 0. The molecule has 0 N–H and O–H groups in total. The van der Waals surface area contributed by atoms with Gasteiger partial charge in [0.05, 0.1) is 0 Å². The molecule has 0 bridgehead atoms. The fraction of sp³-hybridized carbons (Fsp3) is 0.533. The summed E-state index contributed by atoms with van der Waals surface area (Å²) < 4.78 is 26.6. The number of rotatable bonds is 2. The van der Waals surface area contributed by atoms with Gasteiger partial charge in [-0.2, -0.15) is 0 Å². The third-order valence-electron chi connectivity index (χ3n) is 3.80. The Balaban J connectivity index is 2.18. The number of aryl methyl sites for hydroxylation is 2. The van der Waals surface area contributed by atoms with Crippen LogP contribution in [0.1, 0.15) is 47.2 Å². The van der Waals surface area contributed by atoms with Crippen molar-refractivity contribution < 1.29 is 13.6 Å². The lowest BCUT2D eigenvalue weighted by Gasteiger charge is -2.28. The average Bonchev–Trinajstić information content (AvgIpc) is 2.30. The third-order valence-corrected chi connectivity index (χ3v) is 3.80. The van der Waals surface area contributed by atoms with Crippen LogP contribution in [0.25, 0.3) is 0 Å². The molecule has 0 aliphatic heterocycles. The van der Waals surface area contributed by atoms with Crippen molar-refractivity contribution in [3.63, 3.8) is 0 Å². The van der Waals surface area contributed by atoms with Gasteiger partial charge >= 0.3 is 0 Å². The van der Waals surface area contributed by atoms with Crippen molar-refractivity contribution in [2.75, 3.05) is 0 Å². The van der Waals surface area contributed by atoms with Crippen LogP contribution in [-0.4, -0.2) is 11.7 Å². The van der Waals surface area contributed by atoms with Crippen molar-refractivity contribution in [3.8, 4) is 0 Å². The van der Waals surface area contributed by atoms with Crippen LogP contribution in [0.2, 0.25) is 0 Å². The van der Waals surface area contributed by atoms with Crippen LogP contribution in [-0.2, 0) is 0 Å². The van der Waals surface area contributed by atoms with Crippen LogP contribution in [0, 0.1) is 19.8 Å². The molecule has 0 amide bonds. The first-order chi connectivity index (χ1) is 8.39. The lowest BCUT2D eigenvalue weighted by molar-refractivity contribution is -0.0477. The Morgan fingerprint density at radius 2 is 2.00 bits per heavy atom. The van der Waals surface area contributed by atoms with E-state index in [2.05, 4.69) is 0 Å². The summed E-state index contributed by atoms with van der Waals surface area (Å²) in [6.45, 7) is 3.90. The van der Waals surface area contributed by atoms with E-state index >= 15 is 0 Å². The third kappa shape index (κ3) is 2.77. The maximum atomic E-state index is 13.3. The van der Waals surface area contributed by atoms with Crippen molar-refractivity contribution in [2.24, 2.45) is 5.92 Å². The Hall–Kier alpha value is -1.25. The molecular weight excluding hydrogens is 234 g/mol. The number of carbonyl (C=O) groups is 1. The number of benzene rings is 1. The van der Waals surface area contributed by atoms with Gasteiger partial charge in [-0.15, -0.1) is 0 Å². The van der Waals surface area contributed by atoms with Crippen molar-refractivity contribution in [1.29, 1.82) is 0 Å². The van der Waals surface area contributed by atoms with E-state index in [1.807, 2.05) is 26.0 Å². The zero-order chi connectivity index (χ0) is 13.3. The number of halogens is 2. The number of ketones is 1. The van der Waals surface area contributed by atoms with E-state index in [0.29, 0.717) is 18.4 Å². The van der Waals surface area contributed by atoms with E-state index in [1.54, 1.807) is 6.07 Å². The highest BCUT2D eigenvalue weighted by molar-refractivity contribution is 5.98. The molecule has 18 heavy (non-hydrogen) atoms. The molecule has 98 valence electrons. The summed E-state index contributed by atoms with van der Waals surface area (Å²) >= 11 is 0. The van der Waals surface area contributed by atoms with Gasteiger partial charge in [-0.25, -0.2) is 8.78 Å². The zero-order valence-corrected chi connectivity index (χ0v) is 10.8. The highest BCUT2D eigenvalue weighted by Gasteiger charge is 2.39. The Morgan fingerprint density at radius 1 is 1.28 bits per heavy atom. The number of alkyl halides is 2. The molecule has 3 heteroatoms. The SMILES string of the molecule is Cc1ccc(C(=O)C2CCCC(F)(F)C2)cc1C.